The predicted molar refractivity (Wildman–Crippen MR) is 53.5 cm³/mol. The van der Waals surface area contributed by atoms with E-state index in [-0.39, 0.29) is 5.92 Å². The van der Waals surface area contributed by atoms with E-state index in [4.69, 9.17) is 0 Å². The number of aldehydes is 1. The van der Waals surface area contributed by atoms with E-state index >= 15 is 0 Å². The Morgan fingerprint density at radius 2 is 2.00 bits per heavy atom. The summed E-state index contributed by atoms with van der Waals surface area (Å²) in [4.78, 5) is 10.8. The maximum Gasteiger partial charge on any atom is 0.146 e. The molecule has 13 heavy (non-hydrogen) atoms. The monoisotopic (exact) mass is 172 g/mol. The van der Waals surface area contributed by atoms with Crippen molar-refractivity contribution in [3.63, 3.8) is 0 Å². The van der Waals surface area contributed by atoms with Gasteiger partial charge in [0.25, 0.3) is 0 Å². The Kier molecular flexibility index (Phi) is 1.80. The Hall–Kier alpha value is -1.37. The Morgan fingerprint density at radius 3 is 2.62 bits per heavy atom. The standard InChI is InChI=1S/C12H12O/c1-8-10-5-3-4-6-11(10)9(2)12(8)7-13/h3-8H,1-2H3. The highest BCUT2D eigenvalue weighted by atomic mass is 16.1. The molecule has 0 N–H and O–H groups in total. The van der Waals surface area contributed by atoms with Crippen LogP contribution in [0.4, 0.5) is 0 Å². The molecule has 1 aromatic carbocycles. The molecule has 1 aromatic rings. The lowest BCUT2D eigenvalue weighted by Gasteiger charge is -2.04. The van der Waals surface area contributed by atoms with Crippen molar-refractivity contribution in [2.75, 3.05) is 0 Å². The molecule has 0 radical (unpaired) electrons. The van der Waals surface area contributed by atoms with Crippen LogP contribution in [0.1, 0.15) is 30.9 Å². The average molecular weight is 172 g/mol. The Balaban J connectivity index is 2.64. The fourth-order valence-electron chi connectivity index (χ4n) is 2.05. The number of allylic oxidation sites excluding steroid dienone is 2. The molecule has 0 saturated heterocycles. The van der Waals surface area contributed by atoms with Crippen LogP contribution in [-0.2, 0) is 4.79 Å². The Morgan fingerprint density at radius 1 is 1.31 bits per heavy atom. The van der Waals surface area contributed by atoms with E-state index in [1.54, 1.807) is 0 Å². The van der Waals surface area contributed by atoms with Crippen molar-refractivity contribution in [1.82, 2.24) is 0 Å². The normalized spacial score (nSPS) is 20.3. The van der Waals surface area contributed by atoms with E-state index < -0.39 is 0 Å². The van der Waals surface area contributed by atoms with Gasteiger partial charge in [-0.3, -0.25) is 4.79 Å². The van der Waals surface area contributed by atoms with E-state index in [0.717, 1.165) is 17.4 Å². The van der Waals surface area contributed by atoms with Crippen LogP contribution in [0.2, 0.25) is 0 Å². The van der Waals surface area contributed by atoms with Crippen molar-refractivity contribution in [1.29, 1.82) is 0 Å². The third-order valence-corrected chi connectivity index (χ3v) is 2.86. The van der Waals surface area contributed by atoms with Gasteiger partial charge in [-0.05, 0) is 23.6 Å². The zero-order chi connectivity index (χ0) is 9.42. The van der Waals surface area contributed by atoms with Gasteiger partial charge in [-0.15, -0.1) is 0 Å². The molecule has 1 heteroatoms. The molecule has 0 aliphatic heterocycles. The first-order valence-corrected chi connectivity index (χ1v) is 4.51. The summed E-state index contributed by atoms with van der Waals surface area (Å²) in [5, 5.41) is 0. The zero-order valence-corrected chi connectivity index (χ0v) is 7.87. The van der Waals surface area contributed by atoms with Crippen molar-refractivity contribution < 1.29 is 4.79 Å². The van der Waals surface area contributed by atoms with Gasteiger partial charge in [0.1, 0.15) is 6.29 Å². The largest absolute Gasteiger partial charge is 0.298 e. The van der Waals surface area contributed by atoms with Crippen molar-refractivity contribution in [3.8, 4) is 0 Å². The fourth-order valence-corrected chi connectivity index (χ4v) is 2.05. The Labute approximate surface area is 78.1 Å². The third-order valence-electron chi connectivity index (χ3n) is 2.86. The smallest absolute Gasteiger partial charge is 0.146 e. The molecule has 0 bridgehead atoms. The van der Waals surface area contributed by atoms with Crippen LogP contribution in [0.5, 0.6) is 0 Å². The molecule has 0 spiro atoms. The predicted octanol–water partition coefficient (Wildman–Crippen LogP) is 2.78. The molecular weight excluding hydrogens is 160 g/mol. The summed E-state index contributed by atoms with van der Waals surface area (Å²) >= 11 is 0. The highest BCUT2D eigenvalue weighted by molar-refractivity contribution is 5.94. The number of benzene rings is 1. The minimum Gasteiger partial charge on any atom is -0.298 e. The summed E-state index contributed by atoms with van der Waals surface area (Å²) in [6.07, 6.45) is 0.986. The topological polar surface area (TPSA) is 17.1 Å². The minimum atomic E-state index is 0.272. The molecule has 0 amide bonds. The number of rotatable bonds is 1. The molecule has 0 aromatic heterocycles. The summed E-state index contributed by atoms with van der Waals surface area (Å²) in [7, 11) is 0. The first-order valence-electron chi connectivity index (χ1n) is 4.51. The van der Waals surface area contributed by atoms with Gasteiger partial charge in [0.05, 0.1) is 0 Å². The van der Waals surface area contributed by atoms with Crippen molar-refractivity contribution in [3.05, 3.63) is 41.0 Å². The van der Waals surface area contributed by atoms with Gasteiger partial charge < -0.3 is 0 Å². The van der Waals surface area contributed by atoms with E-state index in [1.807, 2.05) is 19.1 Å². The summed E-state index contributed by atoms with van der Waals surface area (Å²) in [6.45, 7) is 4.10. The molecule has 0 saturated carbocycles. The van der Waals surface area contributed by atoms with Crippen molar-refractivity contribution in [2.45, 2.75) is 19.8 Å². The Bertz CT molecular complexity index is 388. The molecule has 1 aliphatic carbocycles. The fraction of sp³-hybridized carbons (Fsp3) is 0.250. The maximum atomic E-state index is 10.8. The maximum absolute atomic E-state index is 10.8. The van der Waals surface area contributed by atoms with Crippen molar-refractivity contribution in [2.24, 2.45) is 0 Å². The van der Waals surface area contributed by atoms with Gasteiger partial charge >= 0.3 is 0 Å². The molecule has 1 aliphatic rings. The number of hydrogen-bond donors (Lipinski definition) is 0. The molecule has 1 unspecified atom stereocenters. The van der Waals surface area contributed by atoms with Gasteiger partial charge in [0.2, 0.25) is 0 Å². The molecule has 0 fully saturated rings. The van der Waals surface area contributed by atoms with Crippen LogP contribution >= 0.6 is 0 Å². The summed E-state index contributed by atoms with van der Waals surface area (Å²) in [5.41, 5.74) is 4.58. The van der Waals surface area contributed by atoms with Gasteiger partial charge in [0, 0.05) is 11.5 Å². The van der Waals surface area contributed by atoms with Crippen LogP contribution in [-0.4, -0.2) is 6.29 Å². The highest BCUT2D eigenvalue weighted by Crippen LogP contribution is 2.39. The second kappa shape index (κ2) is 2.84. The molecule has 1 atom stereocenters. The van der Waals surface area contributed by atoms with Gasteiger partial charge in [0.15, 0.2) is 0 Å². The second-order valence-electron chi connectivity index (χ2n) is 3.51. The van der Waals surface area contributed by atoms with E-state index in [0.29, 0.717) is 0 Å². The molecule has 0 heterocycles. The van der Waals surface area contributed by atoms with Crippen molar-refractivity contribution >= 4 is 11.9 Å². The van der Waals surface area contributed by atoms with Crippen LogP contribution in [0.15, 0.2) is 29.8 Å². The first-order chi connectivity index (χ1) is 6.25. The van der Waals surface area contributed by atoms with E-state index in [2.05, 4.69) is 19.1 Å². The lowest BCUT2D eigenvalue weighted by molar-refractivity contribution is -0.105. The van der Waals surface area contributed by atoms with Crippen LogP contribution in [0.3, 0.4) is 0 Å². The third kappa shape index (κ3) is 1.04. The first kappa shape index (κ1) is 8.24. The lowest BCUT2D eigenvalue weighted by Crippen LogP contribution is -1.93. The van der Waals surface area contributed by atoms with Crippen LogP contribution in [0, 0.1) is 0 Å². The van der Waals surface area contributed by atoms with E-state index in [1.165, 1.54) is 11.1 Å². The number of carbonyl (C=O) groups is 1. The average Bonchev–Trinajstić information content (AvgIpc) is 2.41. The summed E-state index contributed by atoms with van der Waals surface area (Å²) < 4.78 is 0. The van der Waals surface area contributed by atoms with Gasteiger partial charge in [-0.25, -0.2) is 0 Å². The van der Waals surface area contributed by atoms with Crippen LogP contribution < -0.4 is 0 Å². The molecule has 2 rings (SSSR count). The number of carbonyl (C=O) groups excluding carboxylic acids is 1. The van der Waals surface area contributed by atoms with E-state index in [9.17, 15) is 4.79 Å². The lowest BCUT2D eigenvalue weighted by atomic mass is 9.99. The SMILES string of the molecule is CC1=C(C=O)C(C)c2ccccc21. The number of fused-ring (bicyclic) bond motifs is 1. The molecule has 66 valence electrons. The van der Waals surface area contributed by atoms with Gasteiger partial charge in [-0.2, -0.15) is 0 Å². The zero-order valence-electron chi connectivity index (χ0n) is 7.87. The number of hydrogen-bond acceptors (Lipinski definition) is 1. The second-order valence-corrected chi connectivity index (χ2v) is 3.51. The molecule has 1 nitrogen and oxygen atoms in total. The van der Waals surface area contributed by atoms with Crippen LogP contribution in [0.25, 0.3) is 5.57 Å². The summed E-state index contributed by atoms with van der Waals surface area (Å²) in [6, 6.07) is 8.22. The quantitative estimate of drug-likeness (QED) is 0.595. The molecular formula is C12H12O. The minimum absolute atomic E-state index is 0.272. The highest BCUT2D eigenvalue weighted by Gasteiger charge is 2.24. The summed E-state index contributed by atoms with van der Waals surface area (Å²) in [5.74, 6) is 0.272. The van der Waals surface area contributed by atoms with Gasteiger partial charge in [-0.1, -0.05) is 31.2 Å².